The van der Waals surface area contributed by atoms with Crippen LogP contribution in [-0.4, -0.2) is 36.6 Å². The summed E-state index contributed by atoms with van der Waals surface area (Å²) in [5, 5.41) is 5.18. The fourth-order valence-corrected chi connectivity index (χ4v) is 4.15. The summed E-state index contributed by atoms with van der Waals surface area (Å²) in [5.74, 6) is 4.09. The number of fused-ring (bicyclic) bond motifs is 1. The predicted octanol–water partition coefficient (Wildman–Crippen LogP) is 4.40. The third kappa shape index (κ3) is 4.52. The number of hydrogen-bond acceptors (Lipinski definition) is 5. The molecule has 1 saturated carbocycles. The van der Waals surface area contributed by atoms with Crippen molar-refractivity contribution in [3.05, 3.63) is 64.2 Å². The average Bonchev–Trinajstić information content (AvgIpc) is 2.82. The molecule has 0 N–H and O–H groups in total. The maximum absolute atomic E-state index is 13.4. The van der Waals surface area contributed by atoms with Gasteiger partial charge in [-0.2, -0.15) is 9.78 Å². The van der Waals surface area contributed by atoms with Gasteiger partial charge in [-0.3, -0.25) is 4.79 Å². The lowest BCUT2D eigenvalue weighted by molar-refractivity contribution is 0.370. The van der Waals surface area contributed by atoms with Gasteiger partial charge < -0.3 is 9.64 Å². The van der Waals surface area contributed by atoms with Crippen LogP contribution in [0.4, 0.5) is 5.69 Å². The zero-order valence-electron chi connectivity index (χ0n) is 18.6. The van der Waals surface area contributed by atoms with Crippen molar-refractivity contribution in [3.63, 3.8) is 0 Å². The molecule has 6 heteroatoms. The van der Waals surface area contributed by atoms with Crippen molar-refractivity contribution in [2.75, 3.05) is 25.6 Å². The molecule has 1 heterocycles. The highest BCUT2D eigenvalue weighted by atomic mass is 16.5. The summed E-state index contributed by atoms with van der Waals surface area (Å²) in [6.07, 6.45) is 12.6. The third-order valence-electron chi connectivity index (χ3n) is 5.89. The quantitative estimate of drug-likeness (QED) is 0.431. The molecular formula is C26H28N4O2. The summed E-state index contributed by atoms with van der Waals surface area (Å²) in [6, 6.07) is 13.3. The topological polar surface area (TPSA) is 59.7 Å². The minimum absolute atomic E-state index is 0.150. The van der Waals surface area contributed by atoms with E-state index in [9.17, 15) is 4.79 Å². The number of ether oxygens (including phenoxy) is 1. The van der Waals surface area contributed by atoms with E-state index in [4.69, 9.17) is 16.1 Å². The highest BCUT2D eigenvalue weighted by Gasteiger charge is 2.22. The zero-order valence-corrected chi connectivity index (χ0v) is 18.6. The smallest absolute Gasteiger partial charge is 0.282 e. The van der Waals surface area contributed by atoms with Gasteiger partial charge in [0.1, 0.15) is 18.2 Å². The largest absolute Gasteiger partial charge is 0.480 e. The number of terminal acetylenes is 1. The Hall–Kier alpha value is -3.59. The first-order valence-corrected chi connectivity index (χ1v) is 11.0. The molecule has 0 aliphatic heterocycles. The van der Waals surface area contributed by atoms with E-state index in [1.807, 2.05) is 55.4 Å². The van der Waals surface area contributed by atoms with E-state index in [0.29, 0.717) is 11.1 Å². The molecule has 0 saturated heterocycles. The summed E-state index contributed by atoms with van der Waals surface area (Å²) in [7, 11) is 3.93. The Balaban J connectivity index is 1.80. The van der Waals surface area contributed by atoms with Crippen molar-refractivity contribution in [2.45, 2.75) is 38.0 Å². The van der Waals surface area contributed by atoms with Gasteiger partial charge >= 0.3 is 0 Å². The van der Waals surface area contributed by atoms with Gasteiger partial charge in [-0.05, 0) is 37.1 Å². The third-order valence-corrected chi connectivity index (χ3v) is 5.89. The first-order chi connectivity index (χ1) is 15.6. The molecule has 0 atom stereocenters. The molecule has 1 aliphatic carbocycles. The Morgan fingerprint density at radius 2 is 2.00 bits per heavy atom. The number of hydrogen-bond donors (Lipinski definition) is 0. The molecule has 1 aliphatic rings. The second-order valence-electron chi connectivity index (χ2n) is 8.29. The van der Waals surface area contributed by atoms with Crippen LogP contribution in [0.5, 0.6) is 5.75 Å². The number of aromatic nitrogens is 2. The molecule has 32 heavy (non-hydrogen) atoms. The molecule has 1 fully saturated rings. The molecular weight excluding hydrogens is 400 g/mol. The monoisotopic (exact) mass is 428 g/mol. The van der Waals surface area contributed by atoms with Crippen molar-refractivity contribution in [3.8, 4) is 18.1 Å². The van der Waals surface area contributed by atoms with Crippen LogP contribution in [0.25, 0.3) is 10.9 Å². The molecule has 164 valence electrons. The predicted molar refractivity (Wildman–Crippen MR) is 130 cm³/mol. The first kappa shape index (κ1) is 21.6. The molecule has 0 radical (unpaired) electrons. The van der Waals surface area contributed by atoms with E-state index in [1.54, 1.807) is 12.3 Å². The zero-order chi connectivity index (χ0) is 22.5. The summed E-state index contributed by atoms with van der Waals surface area (Å²) in [6.45, 7) is 0.155. The van der Waals surface area contributed by atoms with Gasteiger partial charge in [0.2, 0.25) is 0 Å². The van der Waals surface area contributed by atoms with Gasteiger partial charge in [0.05, 0.1) is 17.1 Å². The van der Waals surface area contributed by atoms with Crippen molar-refractivity contribution < 1.29 is 4.74 Å². The van der Waals surface area contributed by atoms with Gasteiger partial charge in [-0.15, -0.1) is 6.42 Å². The number of rotatable bonds is 6. The minimum atomic E-state index is -0.150. The maximum Gasteiger partial charge on any atom is 0.282 e. The van der Waals surface area contributed by atoms with Crippen molar-refractivity contribution >= 4 is 22.8 Å². The van der Waals surface area contributed by atoms with E-state index >= 15 is 0 Å². The van der Waals surface area contributed by atoms with Gasteiger partial charge in [0, 0.05) is 37.3 Å². The van der Waals surface area contributed by atoms with Crippen LogP contribution in [-0.2, 0) is 0 Å². The van der Waals surface area contributed by atoms with Crippen LogP contribution < -0.4 is 15.2 Å². The lowest BCUT2D eigenvalue weighted by Crippen LogP contribution is -2.25. The molecule has 3 aromatic rings. The highest BCUT2D eigenvalue weighted by Crippen LogP contribution is 2.32. The number of nitrogens with zero attached hydrogens (tertiary/aromatic N) is 4. The minimum Gasteiger partial charge on any atom is -0.480 e. The first-order valence-electron chi connectivity index (χ1n) is 11.0. The number of benzene rings is 2. The van der Waals surface area contributed by atoms with Crippen LogP contribution in [0.3, 0.4) is 0 Å². The van der Waals surface area contributed by atoms with Crippen LogP contribution in [0, 0.1) is 12.3 Å². The van der Waals surface area contributed by atoms with Gasteiger partial charge in [0.15, 0.2) is 0 Å². The van der Waals surface area contributed by atoms with E-state index in [1.165, 1.54) is 11.1 Å². The van der Waals surface area contributed by atoms with E-state index in [0.717, 1.165) is 48.3 Å². The van der Waals surface area contributed by atoms with Gasteiger partial charge in [-0.1, -0.05) is 37.3 Å². The number of anilines is 1. The molecule has 0 bridgehead atoms. The average molecular weight is 429 g/mol. The van der Waals surface area contributed by atoms with E-state index < -0.39 is 0 Å². The maximum atomic E-state index is 13.4. The molecule has 2 aromatic carbocycles. The molecule has 0 amide bonds. The Bertz CT molecular complexity index is 1230. The normalized spacial score (nSPS) is 14.5. The van der Waals surface area contributed by atoms with Crippen LogP contribution >= 0.6 is 0 Å². The van der Waals surface area contributed by atoms with Crippen molar-refractivity contribution in [1.29, 1.82) is 0 Å². The molecule has 4 rings (SSSR count). The summed E-state index contributed by atoms with van der Waals surface area (Å²) in [4.78, 5) is 20.2. The summed E-state index contributed by atoms with van der Waals surface area (Å²) < 4.78 is 7.23. The summed E-state index contributed by atoms with van der Waals surface area (Å²) >= 11 is 0. The van der Waals surface area contributed by atoms with Crippen LogP contribution in [0.2, 0.25) is 0 Å². The molecule has 0 unspecified atom stereocenters. The molecule has 0 spiro atoms. The standard InChI is InChI=1S/C26H28N4O2/c1-4-16-32-24-17-21(29(2)3)15-14-20(24)18-27-30-25(19-10-6-5-7-11-19)28-23-13-9-8-12-22(23)26(30)31/h1,8-9,12-15,17-19H,5-7,10-11,16H2,2-3H3. The van der Waals surface area contributed by atoms with E-state index in [-0.39, 0.29) is 18.1 Å². The lowest BCUT2D eigenvalue weighted by Gasteiger charge is -2.22. The fourth-order valence-electron chi connectivity index (χ4n) is 4.15. The molecule has 1 aromatic heterocycles. The fraction of sp³-hybridized carbons (Fsp3) is 0.346. The van der Waals surface area contributed by atoms with E-state index in [2.05, 4.69) is 11.0 Å². The Labute approximate surface area is 188 Å². The Morgan fingerprint density at radius 1 is 1.22 bits per heavy atom. The Morgan fingerprint density at radius 3 is 2.75 bits per heavy atom. The van der Waals surface area contributed by atoms with Gasteiger partial charge in [-0.25, -0.2) is 4.98 Å². The van der Waals surface area contributed by atoms with Gasteiger partial charge in [0.25, 0.3) is 5.56 Å². The van der Waals surface area contributed by atoms with Crippen LogP contribution in [0.15, 0.2) is 52.4 Å². The van der Waals surface area contributed by atoms with Crippen LogP contribution in [0.1, 0.15) is 49.4 Å². The van der Waals surface area contributed by atoms with Crippen molar-refractivity contribution in [2.24, 2.45) is 5.10 Å². The second kappa shape index (κ2) is 9.69. The second-order valence-corrected chi connectivity index (χ2v) is 8.29. The summed E-state index contributed by atoms with van der Waals surface area (Å²) in [5.41, 5.74) is 2.31. The highest BCUT2D eigenvalue weighted by molar-refractivity contribution is 5.85. The lowest BCUT2D eigenvalue weighted by atomic mass is 9.88. The Kier molecular flexibility index (Phi) is 6.55. The molecule has 6 nitrogen and oxygen atoms in total. The number of para-hydroxylation sites is 1. The van der Waals surface area contributed by atoms with Crippen molar-refractivity contribution in [1.82, 2.24) is 9.66 Å². The SMILES string of the molecule is C#CCOc1cc(N(C)C)ccc1C=Nn1c(C2CCCCC2)nc2ccccc2c1=O.